The summed E-state index contributed by atoms with van der Waals surface area (Å²) in [7, 11) is 0. The molecule has 0 radical (unpaired) electrons. The fraction of sp³-hybridized carbons (Fsp3) is 0.615. The lowest BCUT2D eigenvalue weighted by atomic mass is 10.4. The maximum absolute atomic E-state index is 11.2. The van der Waals surface area contributed by atoms with Crippen molar-refractivity contribution in [1.29, 1.82) is 0 Å². The molecule has 0 aromatic carbocycles. The summed E-state index contributed by atoms with van der Waals surface area (Å²) in [6.45, 7) is 7.52. The second-order valence-corrected chi connectivity index (χ2v) is 4.09. The molecule has 0 bridgehead atoms. The van der Waals surface area contributed by atoms with Crippen molar-refractivity contribution in [3.63, 3.8) is 0 Å². The Kier molecular flexibility index (Phi) is 6.63. The SMILES string of the molecule is CCCNc1cc(NCCC(=O)OCC)nc(C)n1. The lowest BCUT2D eigenvalue weighted by molar-refractivity contribution is -0.142. The second kappa shape index (κ2) is 8.29. The van der Waals surface area contributed by atoms with Gasteiger partial charge in [0.25, 0.3) is 0 Å². The normalized spacial score (nSPS) is 10.1. The Labute approximate surface area is 114 Å². The number of nitrogens with zero attached hydrogens (tertiary/aromatic N) is 2. The number of nitrogens with one attached hydrogen (secondary N) is 2. The van der Waals surface area contributed by atoms with Crippen molar-refractivity contribution >= 4 is 17.6 Å². The van der Waals surface area contributed by atoms with Crippen molar-refractivity contribution in [2.45, 2.75) is 33.6 Å². The number of carbonyl (C=O) groups excluding carboxylic acids is 1. The topological polar surface area (TPSA) is 76.1 Å². The van der Waals surface area contributed by atoms with Gasteiger partial charge in [0.05, 0.1) is 13.0 Å². The summed E-state index contributed by atoms with van der Waals surface area (Å²) in [5.41, 5.74) is 0. The van der Waals surface area contributed by atoms with Crippen molar-refractivity contribution in [3.05, 3.63) is 11.9 Å². The number of aromatic nitrogens is 2. The van der Waals surface area contributed by atoms with Gasteiger partial charge in [-0.3, -0.25) is 4.79 Å². The molecule has 0 aliphatic carbocycles. The van der Waals surface area contributed by atoms with Gasteiger partial charge in [-0.25, -0.2) is 9.97 Å². The Hall–Kier alpha value is -1.85. The fourth-order valence-corrected chi connectivity index (χ4v) is 1.53. The van der Waals surface area contributed by atoms with Crippen molar-refractivity contribution in [3.8, 4) is 0 Å². The molecule has 6 nitrogen and oxygen atoms in total. The van der Waals surface area contributed by atoms with Gasteiger partial charge in [0.2, 0.25) is 0 Å². The van der Waals surface area contributed by atoms with E-state index in [0.29, 0.717) is 25.4 Å². The van der Waals surface area contributed by atoms with Crippen molar-refractivity contribution in [2.75, 3.05) is 30.3 Å². The average molecular weight is 266 g/mol. The zero-order valence-electron chi connectivity index (χ0n) is 11.8. The summed E-state index contributed by atoms with van der Waals surface area (Å²) >= 11 is 0. The fourth-order valence-electron chi connectivity index (χ4n) is 1.53. The zero-order chi connectivity index (χ0) is 14.1. The molecule has 1 aromatic heterocycles. The van der Waals surface area contributed by atoms with E-state index in [1.807, 2.05) is 13.0 Å². The molecule has 1 aromatic rings. The number of hydrogen-bond donors (Lipinski definition) is 2. The van der Waals surface area contributed by atoms with E-state index in [2.05, 4.69) is 27.5 Å². The van der Waals surface area contributed by atoms with Crippen molar-refractivity contribution in [1.82, 2.24) is 9.97 Å². The first-order valence-electron chi connectivity index (χ1n) is 6.64. The third-order valence-electron chi connectivity index (χ3n) is 2.33. The van der Waals surface area contributed by atoms with Crippen LogP contribution in [0.4, 0.5) is 11.6 Å². The van der Waals surface area contributed by atoms with Crippen LogP contribution in [-0.2, 0) is 9.53 Å². The largest absolute Gasteiger partial charge is 0.466 e. The minimum absolute atomic E-state index is 0.204. The molecule has 0 aliphatic heterocycles. The van der Waals surface area contributed by atoms with E-state index in [0.717, 1.165) is 24.6 Å². The van der Waals surface area contributed by atoms with Crippen molar-refractivity contribution in [2.24, 2.45) is 0 Å². The zero-order valence-corrected chi connectivity index (χ0v) is 11.8. The maximum atomic E-state index is 11.2. The van der Waals surface area contributed by atoms with Gasteiger partial charge in [-0.2, -0.15) is 0 Å². The highest BCUT2D eigenvalue weighted by Crippen LogP contribution is 2.11. The molecule has 0 atom stereocenters. The van der Waals surface area contributed by atoms with Gasteiger partial charge >= 0.3 is 5.97 Å². The molecule has 0 amide bonds. The van der Waals surface area contributed by atoms with Gasteiger partial charge in [-0.15, -0.1) is 0 Å². The first kappa shape index (κ1) is 15.2. The van der Waals surface area contributed by atoms with E-state index >= 15 is 0 Å². The molecule has 2 N–H and O–H groups in total. The number of rotatable bonds is 8. The predicted molar refractivity (Wildman–Crippen MR) is 75.3 cm³/mol. The van der Waals surface area contributed by atoms with Crippen LogP contribution in [-0.4, -0.2) is 35.6 Å². The van der Waals surface area contributed by atoms with E-state index in [4.69, 9.17) is 4.74 Å². The van der Waals surface area contributed by atoms with Crippen LogP contribution in [0.3, 0.4) is 0 Å². The third-order valence-corrected chi connectivity index (χ3v) is 2.33. The molecule has 0 spiro atoms. The van der Waals surface area contributed by atoms with Crippen LogP contribution in [0.25, 0.3) is 0 Å². The number of anilines is 2. The van der Waals surface area contributed by atoms with Crippen LogP contribution in [0.2, 0.25) is 0 Å². The van der Waals surface area contributed by atoms with Crippen LogP contribution in [0.1, 0.15) is 32.5 Å². The Balaban J connectivity index is 2.48. The summed E-state index contributed by atoms with van der Waals surface area (Å²) in [6, 6.07) is 1.84. The van der Waals surface area contributed by atoms with Gasteiger partial charge < -0.3 is 15.4 Å². The Morgan fingerprint density at radius 3 is 2.42 bits per heavy atom. The Bertz CT molecular complexity index is 410. The van der Waals surface area contributed by atoms with E-state index in [-0.39, 0.29) is 5.97 Å². The predicted octanol–water partition coefficient (Wildman–Crippen LogP) is 1.97. The monoisotopic (exact) mass is 266 g/mol. The van der Waals surface area contributed by atoms with E-state index in [1.54, 1.807) is 6.92 Å². The standard InChI is InChI=1S/C13H22N4O2/c1-4-7-14-11-9-12(17-10(3)16-11)15-8-6-13(18)19-5-2/h9H,4-8H2,1-3H3,(H2,14,15,16,17). The molecule has 0 fully saturated rings. The first-order chi connectivity index (χ1) is 9.15. The first-order valence-corrected chi connectivity index (χ1v) is 6.64. The summed E-state index contributed by atoms with van der Waals surface area (Å²) in [5.74, 6) is 2.01. The molecule has 0 aliphatic rings. The molecule has 0 saturated heterocycles. The van der Waals surface area contributed by atoms with E-state index in [1.165, 1.54) is 0 Å². The molecular formula is C13H22N4O2. The smallest absolute Gasteiger partial charge is 0.307 e. The molecular weight excluding hydrogens is 244 g/mol. The molecule has 6 heteroatoms. The van der Waals surface area contributed by atoms with E-state index in [9.17, 15) is 4.79 Å². The van der Waals surface area contributed by atoms with Gasteiger partial charge in [0.1, 0.15) is 17.5 Å². The average Bonchev–Trinajstić information content (AvgIpc) is 2.36. The van der Waals surface area contributed by atoms with Gasteiger partial charge in [-0.05, 0) is 20.3 Å². The van der Waals surface area contributed by atoms with Crippen LogP contribution in [0.15, 0.2) is 6.07 Å². The molecule has 0 unspecified atom stereocenters. The minimum Gasteiger partial charge on any atom is -0.466 e. The van der Waals surface area contributed by atoms with Gasteiger partial charge in [0, 0.05) is 19.2 Å². The van der Waals surface area contributed by atoms with Gasteiger partial charge in [0.15, 0.2) is 0 Å². The summed E-state index contributed by atoms with van der Waals surface area (Å²) in [4.78, 5) is 19.8. The highest BCUT2D eigenvalue weighted by atomic mass is 16.5. The Morgan fingerprint density at radius 2 is 1.84 bits per heavy atom. The summed E-state index contributed by atoms with van der Waals surface area (Å²) < 4.78 is 4.86. The van der Waals surface area contributed by atoms with Crippen molar-refractivity contribution < 1.29 is 9.53 Å². The number of aryl methyl sites for hydroxylation is 1. The minimum atomic E-state index is -0.204. The summed E-state index contributed by atoms with van der Waals surface area (Å²) in [6.07, 6.45) is 1.36. The number of carbonyl (C=O) groups is 1. The number of esters is 1. The summed E-state index contributed by atoms with van der Waals surface area (Å²) in [5, 5.41) is 6.31. The highest BCUT2D eigenvalue weighted by molar-refractivity contribution is 5.70. The molecule has 1 rings (SSSR count). The van der Waals surface area contributed by atoms with Crippen LogP contribution >= 0.6 is 0 Å². The lowest BCUT2D eigenvalue weighted by Crippen LogP contribution is -2.13. The van der Waals surface area contributed by atoms with Crippen LogP contribution < -0.4 is 10.6 Å². The maximum Gasteiger partial charge on any atom is 0.307 e. The van der Waals surface area contributed by atoms with Gasteiger partial charge in [-0.1, -0.05) is 6.92 Å². The number of hydrogen-bond acceptors (Lipinski definition) is 6. The van der Waals surface area contributed by atoms with E-state index < -0.39 is 0 Å². The molecule has 1 heterocycles. The molecule has 0 saturated carbocycles. The third kappa shape index (κ3) is 6.03. The second-order valence-electron chi connectivity index (χ2n) is 4.09. The van der Waals surface area contributed by atoms with Crippen LogP contribution in [0, 0.1) is 6.92 Å². The van der Waals surface area contributed by atoms with Crippen LogP contribution in [0.5, 0.6) is 0 Å². The number of ether oxygens (including phenoxy) is 1. The molecule has 19 heavy (non-hydrogen) atoms. The Morgan fingerprint density at radius 1 is 1.21 bits per heavy atom. The molecule has 106 valence electrons. The lowest BCUT2D eigenvalue weighted by Gasteiger charge is -2.09. The highest BCUT2D eigenvalue weighted by Gasteiger charge is 2.04. The quantitative estimate of drug-likeness (QED) is 0.701.